The van der Waals surface area contributed by atoms with Crippen LogP contribution in [0.4, 0.5) is 8.78 Å². The van der Waals surface area contributed by atoms with Gasteiger partial charge in [0.05, 0.1) is 0 Å². The molecule has 1 aliphatic carbocycles. The van der Waals surface area contributed by atoms with E-state index < -0.39 is 23.0 Å². The van der Waals surface area contributed by atoms with Crippen LogP contribution < -0.4 is 0 Å². The molecule has 1 fully saturated rings. The predicted octanol–water partition coefficient (Wildman–Crippen LogP) is 1.84. The second kappa shape index (κ2) is 2.16. The molecule has 2 atom stereocenters. The smallest absolute Gasteiger partial charge is 0.276 e. The molecule has 0 aromatic heterocycles. The van der Waals surface area contributed by atoms with Crippen molar-refractivity contribution in [3.05, 3.63) is 0 Å². The summed E-state index contributed by atoms with van der Waals surface area (Å²) in [7, 11) is 0. The minimum absolute atomic E-state index is 0.142. The molecule has 1 saturated carbocycles. The van der Waals surface area contributed by atoms with Gasteiger partial charge in [-0.2, -0.15) is 0 Å². The predicted molar refractivity (Wildman–Crippen MR) is 33.4 cm³/mol. The van der Waals surface area contributed by atoms with E-state index in [0.29, 0.717) is 0 Å². The van der Waals surface area contributed by atoms with Crippen LogP contribution in [0.25, 0.3) is 0 Å². The lowest BCUT2D eigenvalue weighted by molar-refractivity contribution is -0.122. The van der Waals surface area contributed by atoms with Gasteiger partial charge < -0.3 is 0 Å². The van der Waals surface area contributed by atoms with E-state index >= 15 is 0 Å². The van der Waals surface area contributed by atoms with Crippen LogP contribution in [-0.2, 0) is 4.79 Å². The first-order valence-corrected chi connectivity index (χ1v) is 3.50. The molecule has 0 bridgehead atoms. The molecule has 0 radical (unpaired) electrons. The molecule has 1 aliphatic rings. The minimum atomic E-state index is -2.94. The van der Waals surface area contributed by atoms with E-state index in [4.69, 9.17) is 11.6 Å². The number of carbonyl (C=O) groups excluding carboxylic acids is 1. The molecular weight excluding hydrogens is 162 g/mol. The van der Waals surface area contributed by atoms with E-state index in [1.54, 1.807) is 6.92 Å². The average molecular weight is 169 g/mol. The van der Waals surface area contributed by atoms with Gasteiger partial charge >= 0.3 is 0 Å². The van der Waals surface area contributed by atoms with Gasteiger partial charge in [-0.15, -0.1) is 11.6 Å². The van der Waals surface area contributed by atoms with E-state index in [9.17, 15) is 13.6 Å². The number of ketones is 1. The fourth-order valence-electron chi connectivity index (χ4n) is 0.887. The zero-order valence-electron chi connectivity index (χ0n) is 5.40. The van der Waals surface area contributed by atoms with Crippen molar-refractivity contribution in [1.82, 2.24) is 0 Å². The zero-order valence-corrected chi connectivity index (χ0v) is 6.16. The van der Waals surface area contributed by atoms with Gasteiger partial charge in [0.1, 0.15) is 17.1 Å². The van der Waals surface area contributed by atoms with Gasteiger partial charge in [0.15, 0.2) is 0 Å². The number of carbonyl (C=O) groups is 1. The molecule has 0 spiro atoms. The van der Waals surface area contributed by atoms with Gasteiger partial charge in [-0.1, -0.05) is 6.92 Å². The topological polar surface area (TPSA) is 17.1 Å². The van der Waals surface area contributed by atoms with Crippen LogP contribution in [0.2, 0.25) is 0 Å². The van der Waals surface area contributed by atoms with Crippen LogP contribution in [0, 0.1) is 5.92 Å². The highest BCUT2D eigenvalue weighted by Crippen LogP contribution is 2.53. The number of alkyl halides is 3. The summed E-state index contributed by atoms with van der Waals surface area (Å²) in [5, 5.41) is -1.25. The molecule has 4 heteroatoms. The molecule has 0 aliphatic heterocycles. The highest BCUT2D eigenvalue weighted by atomic mass is 35.5. The largest absolute Gasteiger partial charge is 0.299 e. The SMILES string of the molecule is CCC(=O)C1[C@@H](Cl)C1(F)F. The quantitative estimate of drug-likeness (QED) is 0.575. The maximum atomic E-state index is 12.3. The summed E-state index contributed by atoms with van der Waals surface area (Å²) in [6.45, 7) is 1.56. The number of hydrogen-bond donors (Lipinski definition) is 0. The van der Waals surface area contributed by atoms with Crippen molar-refractivity contribution in [1.29, 1.82) is 0 Å². The molecule has 1 rings (SSSR count). The van der Waals surface area contributed by atoms with Crippen LogP contribution in [0.1, 0.15) is 13.3 Å². The molecule has 58 valence electrons. The van der Waals surface area contributed by atoms with Gasteiger partial charge in [-0.25, -0.2) is 8.78 Å². The standard InChI is InChI=1S/C6H7ClF2O/c1-2-3(10)4-5(7)6(4,8)9/h4-5H,2H2,1H3/t4?,5-/m1/s1. The molecule has 1 nitrogen and oxygen atoms in total. The zero-order chi connectivity index (χ0) is 7.94. The first-order chi connectivity index (χ1) is 4.51. The van der Waals surface area contributed by atoms with Crippen LogP contribution in [-0.4, -0.2) is 17.1 Å². The Bertz CT molecular complexity index is 169. The minimum Gasteiger partial charge on any atom is -0.299 e. The third-order valence-electron chi connectivity index (χ3n) is 1.66. The third-order valence-corrected chi connectivity index (χ3v) is 2.20. The van der Waals surface area contributed by atoms with Crippen LogP contribution in [0.5, 0.6) is 0 Å². The Morgan fingerprint density at radius 2 is 2.10 bits per heavy atom. The fourth-order valence-corrected chi connectivity index (χ4v) is 1.26. The summed E-state index contributed by atoms with van der Waals surface area (Å²) in [4.78, 5) is 10.6. The molecule has 0 saturated heterocycles. The van der Waals surface area contributed by atoms with Gasteiger partial charge in [0, 0.05) is 6.42 Å². The van der Waals surface area contributed by atoms with Crippen molar-refractivity contribution in [2.75, 3.05) is 0 Å². The molecule has 0 aromatic carbocycles. The molecule has 0 aromatic rings. The molecule has 0 amide bonds. The monoisotopic (exact) mass is 168 g/mol. The lowest BCUT2D eigenvalue weighted by Gasteiger charge is -1.90. The Labute approximate surface area is 62.4 Å². The first kappa shape index (κ1) is 7.92. The van der Waals surface area contributed by atoms with E-state index in [1.807, 2.05) is 0 Å². The van der Waals surface area contributed by atoms with Gasteiger partial charge in [-0.05, 0) is 0 Å². The molecular formula is C6H7ClF2O. The number of hydrogen-bond acceptors (Lipinski definition) is 1. The lowest BCUT2D eigenvalue weighted by atomic mass is 10.2. The van der Waals surface area contributed by atoms with E-state index in [0.717, 1.165) is 0 Å². The van der Waals surface area contributed by atoms with Crippen molar-refractivity contribution in [2.24, 2.45) is 5.92 Å². The maximum absolute atomic E-state index is 12.3. The number of halogens is 3. The second-order valence-corrected chi connectivity index (χ2v) is 2.84. The number of rotatable bonds is 2. The molecule has 0 N–H and O–H groups in total. The Hall–Kier alpha value is -0.180. The Morgan fingerprint density at radius 1 is 1.70 bits per heavy atom. The van der Waals surface area contributed by atoms with Gasteiger partial charge in [0.25, 0.3) is 5.92 Å². The van der Waals surface area contributed by atoms with Crippen molar-refractivity contribution in [3.8, 4) is 0 Å². The summed E-state index contributed by atoms with van der Waals surface area (Å²) in [5.41, 5.74) is 0. The van der Waals surface area contributed by atoms with Crippen molar-refractivity contribution >= 4 is 17.4 Å². The van der Waals surface area contributed by atoms with E-state index in [-0.39, 0.29) is 6.42 Å². The normalized spacial score (nSPS) is 35.6. The summed E-state index contributed by atoms with van der Waals surface area (Å²) >= 11 is 5.15. The van der Waals surface area contributed by atoms with Gasteiger partial charge in [0.2, 0.25) is 0 Å². The van der Waals surface area contributed by atoms with Crippen molar-refractivity contribution < 1.29 is 13.6 Å². The third kappa shape index (κ3) is 0.926. The van der Waals surface area contributed by atoms with Crippen molar-refractivity contribution in [3.63, 3.8) is 0 Å². The summed E-state index contributed by atoms with van der Waals surface area (Å²) in [5.74, 6) is -4.58. The van der Waals surface area contributed by atoms with Crippen LogP contribution in [0.3, 0.4) is 0 Å². The molecule has 1 unspecified atom stereocenters. The lowest BCUT2D eigenvalue weighted by Crippen LogP contribution is -2.05. The second-order valence-electron chi connectivity index (χ2n) is 2.37. The first-order valence-electron chi connectivity index (χ1n) is 3.06. The molecule has 0 heterocycles. The van der Waals surface area contributed by atoms with Gasteiger partial charge in [-0.3, -0.25) is 4.79 Å². The highest BCUT2D eigenvalue weighted by Gasteiger charge is 2.70. The van der Waals surface area contributed by atoms with E-state index in [1.165, 1.54) is 0 Å². The molecule has 10 heavy (non-hydrogen) atoms. The maximum Gasteiger partial charge on any atom is 0.276 e. The Balaban J connectivity index is 2.57. The summed E-state index contributed by atoms with van der Waals surface area (Å²) in [6.07, 6.45) is 0.142. The van der Waals surface area contributed by atoms with Crippen LogP contribution in [0.15, 0.2) is 0 Å². The van der Waals surface area contributed by atoms with Crippen LogP contribution >= 0.6 is 11.6 Å². The summed E-state index contributed by atoms with van der Waals surface area (Å²) in [6, 6.07) is 0. The highest BCUT2D eigenvalue weighted by molar-refractivity contribution is 6.26. The average Bonchev–Trinajstić information content (AvgIpc) is 2.33. The fraction of sp³-hybridized carbons (Fsp3) is 0.833. The summed E-state index contributed by atoms with van der Waals surface area (Å²) < 4.78 is 24.5. The van der Waals surface area contributed by atoms with E-state index in [2.05, 4.69) is 0 Å². The number of Topliss-reactive ketones (excluding diaryl/α,β-unsaturated/α-hetero) is 1. The van der Waals surface area contributed by atoms with Crippen molar-refractivity contribution in [2.45, 2.75) is 24.6 Å². The Morgan fingerprint density at radius 3 is 2.20 bits per heavy atom. The Kier molecular flexibility index (Phi) is 1.71.